The SMILES string of the molecule is CC(O)N(C(=O)CO)C(C)O. The lowest BCUT2D eigenvalue weighted by Crippen LogP contribution is -2.45. The van der Waals surface area contributed by atoms with Crippen LogP contribution in [0.4, 0.5) is 0 Å². The number of carbonyl (C=O) groups excluding carboxylic acids is 1. The molecule has 2 unspecified atom stereocenters. The van der Waals surface area contributed by atoms with Crippen LogP contribution in [-0.4, -0.2) is 45.2 Å². The highest BCUT2D eigenvalue weighted by molar-refractivity contribution is 5.77. The van der Waals surface area contributed by atoms with Crippen molar-refractivity contribution in [2.75, 3.05) is 6.61 Å². The van der Waals surface area contributed by atoms with Gasteiger partial charge in [0.2, 0.25) is 0 Å². The van der Waals surface area contributed by atoms with Gasteiger partial charge in [-0.2, -0.15) is 0 Å². The lowest BCUT2D eigenvalue weighted by atomic mass is 10.4. The number of nitrogens with zero attached hydrogens (tertiary/aromatic N) is 1. The number of hydrogen-bond acceptors (Lipinski definition) is 4. The van der Waals surface area contributed by atoms with Crippen LogP contribution >= 0.6 is 0 Å². The van der Waals surface area contributed by atoms with Gasteiger partial charge in [-0.3, -0.25) is 9.69 Å². The first-order valence-electron chi connectivity index (χ1n) is 3.29. The van der Waals surface area contributed by atoms with Gasteiger partial charge in [-0.15, -0.1) is 0 Å². The predicted molar refractivity (Wildman–Crippen MR) is 37.3 cm³/mol. The van der Waals surface area contributed by atoms with Crippen LogP contribution in [-0.2, 0) is 4.79 Å². The Kier molecular flexibility index (Phi) is 4.02. The van der Waals surface area contributed by atoms with Crippen molar-refractivity contribution in [3.05, 3.63) is 0 Å². The molecule has 5 nitrogen and oxygen atoms in total. The van der Waals surface area contributed by atoms with E-state index in [1.165, 1.54) is 13.8 Å². The quantitative estimate of drug-likeness (QED) is 0.441. The predicted octanol–water partition coefficient (Wildman–Crippen LogP) is -1.52. The third-order valence-corrected chi connectivity index (χ3v) is 1.23. The average Bonchev–Trinajstić information content (AvgIpc) is 1.85. The molecule has 0 heterocycles. The highest BCUT2D eigenvalue weighted by Crippen LogP contribution is 2.00. The lowest BCUT2D eigenvalue weighted by molar-refractivity contribution is -0.159. The normalized spacial score (nSPS) is 15.7. The molecule has 0 spiro atoms. The largest absolute Gasteiger partial charge is 0.387 e. The summed E-state index contributed by atoms with van der Waals surface area (Å²) in [6.07, 6.45) is -2.18. The van der Waals surface area contributed by atoms with Crippen molar-refractivity contribution in [1.29, 1.82) is 0 Å². The molecule has 11 heavy (non-hydrogen) atoms. The molecule has 2 atom stereocenters. The smallest absolute Gasteiger partial charge is 0.252 e. The molecular formula is C6H13NO4. The second kappa shape index (κ2) is 4.27. The Hall–Kier alpha value is -0.650. The van der Waals surface area contributed by atoms with Crippen molar-refractivity contribution in [3.8, 4) is 0 Å². The van der Waals surface area contributed by atoms with Crippen LogP contribution < -0.4 is 0 Å². The molecule has 0 fully saturated rings. The molecule has 0 aliphatic carbocycles. The zero-order chi connectivity index (χ0) is 9.02. The summed E-state index contributed by atoms with van der Waals surface area (Å²) >= 11 is 0. The fraction of sp³-hybridized carbons (Fsp3) is 0.833. The Bertz CT molecular complexity index is 127. The summed E-state index contributed by atoms with van der Waals surface area (Å²) in [6, 6.07) is 0. The molecule has 5 heteroatoms. The van der Waals surface area contributed by atoms with Gasteiger partial charge in [-0.05, 0) is 13.8 Å². The Balaban J connectivity index is 4.22. The summed E-state index contributed by atoms with van der Waals surface area (Å²) < 4.78 is 0. The van der Waals surface area contributed by atoms with Gasteiger partial charge in [-0.1, -0.05) is 0 Å². The van der Waals surface area contributed by atoms with Gasteiger partial charge in [0.05, 0.1) is 0 Å². The van der Waals surface area contributed by atoms with Crippen molar-refractivity contribution in [2.24, 2.45) is 0 Å². The van der Waals surface area contributed by atoms with Crippen LogP contribution in [0.15, 0.2) is 0 Å². The lowest BCUT2D eigenvalue weighted by Gasteiger charge is -2.27. The van der Waals surface area contributed by atoms with Gasteiger partial charge in [0.1, 0.15) is 19.1 Å². The number of amides is 1. The molecule has 66 valence electrons. The molecule has 0 saturated carbocycles. The van der Waals surface area contributed by atoms with Crippen molar-refractivity contribution in [1.82, 2.24) is 4.90 Å². The highest BCUT2D eigenvalue weighted by Gasteiger charge is 2.21. The Morgan fingerprint density at radius 3 is 1.82 bits per heavy atom. The first kappa shape index (κ1) is 10.3. The third-order valence-electron chi connectivity index (χ3n) is 1.23. The monoisotopic (exact) mass is 163 g/mol. The number of hydrogen-bond donors (Lipinski definition) is 3. The topological polar surface area (TPSA) is 81.0 Å². The summed E-state index contributed by atoms with van der Waals surface area (Å²) in [4.78, 5) is 11.5. The van der Waals surface area contributed by atoms with Crippen molar-refractivity contribution >= 4 is 5.91 Å². The minimum atomic E-state index is -1.09. The van der Waals surface area contributed by atoms with Gasteiger partial charge < -0.3 is 15.3 Å². The van der Waals surface area contributed by atoms with Gasteiger partial charge >= 0.3 is 0 Å². The molecule has 0 aromatic rings. The maximum atomic E-state index is 10.8. The van der Waals surface area contributed by atoms with Crippen LogP contribution in [0.2, 0.25) is 0 Å². The van der Waals surface area contributed by atoms with Crippen molar-refractivity contribution in [3.63, 3.8) is 0 Å². The molecule has 0 bridgehead atoms. The van der Waals surface area contributed by atoms with Gasteiger partial charge in [0.15, 0.2) is 0 Å². The third kappa shape index (κ3) is 2.83. The highest BCUT2D eigenvalue weighted by atomic mass is 16.3. The number of carbonyl (C=O) groups is 1. The van der Waals surface area contributed by atoms with E-state index in [0.717, 1.165) is 4.90 Å². The Labute approximate surface area is 64.9 Å². The van der Waals surface area contributed by atoms with E-state index < -0.39 is 25.0 Å². The molecule has 0 radical (unpaired) electrons. The Morgan fingerprint density at radius 2 is 1.73 bits per heavy atom. The summed E-state index contributed by atoms with van der Waals surface area (Å²) in [6.45, 7) is 1.95. The number of rotatable bonds is 3. The van der Waals surface area contributed by atoms with Crippen molar-refractivity contribution in [2.45, 2.75) is 26.3 Å². The summed E-state index contributed by atoms with van der Waals surface area (Å²) in [5.41, 5.74) is 0. The zero-order valence-corrected chi connectivity index (χ0v) is 6.56. The van der Waals surface area contributed by atoms with Crippen LogP contribution in [0, 0.1) is 0 Å². The maximum Gasteiger partial charge on any atom is 0.252 e. The van der Waals surface area contributed by atoms with E-state index >= 15 is 0 Å². The maximum absolute atomic E-state index is 10.8. The van der Waals surface area contributed by atoms with Crippen LogP contribution in [0.5, 0.6) is 0 Å². The summed E-state index contributed by atoms with van der Waals surface area (Å²) in [5.74, 6) is -0.699. The van der Waals surface area contributed by atoms with E-state index in [1.54, 1.807) is 0 Å². The first-order chi connectivity index (χ1) is 5.00. The number of aliphatic hydroxyl groups excluding tert-OH is 3. The molecule has 0 aliphatic heterocycles. The van der Waals surface area contributed by atoms with E-state index in [2.05, 4.69) is 0 Å². The van der Waals surface area contributed by atoms with E-state index in [9.17, 15) is 4.79 Å². The van der Waals surface area contributed by atoms with Crippen LogP contribution in [0.25, 0.3) is 0 Å². The number of aliphatic hydroxyl groups is 3. The molecule has 0 aromatic heterocycles. The van der Waals surface area contributed by atoms with Crippen LogP contribution in [0.1, 0.15) is 13.8 Å². The fourth-order valence-electron chi connectivity index (χ4n) is 0.811. The Morgan fingerprint density at radius 1 is 1.36 bits per heavy atom. The van der Waals surface area contributed by atoms with E-state index in [-0.39, 0.29) is 0 Å². The average molecular weight is 163 g/mol. The van der Waals surface area contributed by atoms with E-state index in [1.807, 2.05) is 0 Å². The minimum absolute atomic E-state index is 0.699. The van der Waals surface area contributed by atoms with E-state index in [0.29, 0.717) is 0 Å². The molecule has 0 aliphatic rings. The zero-order valence-electron chi connectivity index (χ0n) is 6.56. The van der Waals surface area contributed by atoms with Gasteiger partial charge in [0, 0.05) is 0 Å². The van der Waals surface area contributed by atoms with Gasteiger partial charge in [-0.25, -0.2) is 0 Å². The van der Waals surface area contributed by atoms with Gasteiger partial charge in [0.25, 0.3) is 5.91 Å². The molecule has 1 amide bonds. The molecule has 0 rings (SSSR count). The molecule has 0 saturated heterocycles. The second-order valence-corrected chi connectivity index (χ2v) is 2.22. The first-order valence-corrected chi connectivity index (χ1v) is 3.29. The molecule has 0 aromatic carbocycles. The minimum Gasteiger partial charge on any atom is -0.387 e. The second-order valence-electron chi connectivity index (χ2n) is 2.22. The van der Waals surface area contributed by atoms with Crippen molar-refractivity contribution < 1.29 is 20.1 Å². The van der Waals surface area contributed by atoms with E-state index in [4.69, 9.17) is 15.3 Å². The van der Waals surface area contributed by atoms with Crippen LogP contribution in [0.3, 0.4) is 0 Å². The standard InChI is InChI=1S/C6H13NO4/c1-4(9)7(5(2)10)6(11)3-8/h4-5,8-10H,3H2,1-2H3. The summed E-state index contributed by atoms with van der Waals surface area (Å²) in [5, 5.41) is 26.2. The summed E-state index contributed by atoms with van der Waals surface area (Å²) in [7, 11) is 0. The fourth-order valence-corrected chi connectivity index (χ4v) is 0.811. The molecule has 3 N–H and O–H groups in total. The molecular weight excluding hydrogens is 150 g/mol.